The van der Waals surface area contributed by atoms with Crippen molar-refractivity contribution in [3.05, 3.63) is 0 Å². The van der Waals surface area contributed by atoms with E-state index in [4.69, 9.17) is 11.6 Å². The zero-order valence-corrected chi connectivity index (χ0v) is 6.02. The average molecular weight is 148 g/mol. The van der Waals surface area contributed by atoms with Crippen LogP contribution in [0, 0.1) is 0 Å². The monoisotopic (exact) mass is 147 g/mol. The molecule has 0 radical (unpaired) electrons. The van der Waals surface area contributed by atoms with Gasteiger partial charge in [0.05, 0.1) is 6.54 Å². The van der Waals surface area contributed by atoms with Crippen LogP contribution in [0.1, 0.15) is 19.3 Å². The van der Waals surface area contributed by atoms with Gasteiger partial charge in [0.25, 0.3) is 0 Å². The number of alkyl halides is 1. The second kappa shape index (κ2) is 7.67. The van der Waals surface area contributed by atoms with Crippen molar-refractivity contribution in [1.82, 2.24) is 0 Å². The largest absolute Gasteiger partial charge is 0.234 e. The van der Waals surface area contributed by atoms with Crippen molar-refractivity contribution in [2.24, 2.45) is 4.99 Å². The van der Waals surface area contributed by atoms with Crippen molar-refractivity contribution in [2.45, 2.75) is 19.3 Å². The van der Waals surface area contributed by atoms with E-state index in [0.29, 0.717) is 12.4 Å². The molecular weight excluding hydrogens is 138 g/mol. The second-order valence-corrected chi connectivity index (χ2v) is 2.10. The molecule has 0 aliphatic rings. The summed E-state index contributed by atoms with van der Waals surface area (Å²) in [5, 5.41) is 0. The van der Waals surface area contributed by atoms with E-state index in [1.54, 1.807) is 0 Å². The molecule has 0 saturated heterocycles. The molecule has 2 nitrogen and oxygen atoms in total. The van der Waals surface area contributed by atoms with Crippen LogP contribution in [-0.4, -0.2) is 18.5 Å². The number of hydrogen-bond donors (Lipinski definition) is 0. The molecule has 0 atom stereocenters. The lowest BCUT2D eigenvalue weighted by Crippen LogP contribution is -1.81. The van der Waals surface area contributed by atoms with Crippen LogP contribution in [0.15, 0.2) is 4.99 Å². The average Bonchev–Trinajstić information content (AvgIpc) is 1.89. The first-order valence-electron chi connectivity index (χ1n) is 3.01. The molecule has 0 aliphatic heterocycles. The summed E-state index contributed by atoms with van der Waals surface area (Å²) < 4.78 is 0. The van der Waals surface area contributed by atoms with Gasteiger partial charge in [-0.25, -0.2) is 9.79 Å². The van der Waals surface area contributed by atoms with Gasteiger partial charge in [-0.05, 0) is 12.8 Å². The minimum atomic E-state index is 0.598. The van der Waals surface area contributed by atoms with Crippen LogP contribution in [0.2, 0.25) is 0 Å². The standard InChI is InChI=1S/C6H10ClNO/c7-4-2-1-3-5-8-6-9/h1-5H2. The Morgan fingerprint density at radius 1 is 1.33 bits per heavy atom. The quantitative estimate of drug-likeness (QED) is 0.252. The fourth-order valence-electron chi connectivity index (χ4n) is 0.508. The Balaban J connectivity index is 2.82. The molecule has 0 rings (SSSR count). The zero-order chi connectivity index (χ0) is 6.95. The van der Waals surface area contributed by atoms with Gasteiger partial charge >= 0.3 is 0 Å². The normalized spacial score (nSPS) is 8.56. The van der Waals surface area contributed by atoms with Gasteiger partial charge in [0.15, 0.2) is 0 Å². The zero-order valence-electron chi connectivity index (χ0n) is 5.27. The first-order valence-corrected chi connectivity index (χ1v) is 3.55. The molecule has 0 amide bonds. The number of isocyanates is 1. The van der Waals surface area contributed by atoms with Crippen molar-refractivity contribution in [3.63, 3.8) is 0 Å². The molecule has 0 aromatic carbocycles. The van der Waals surface area contributed by atoms with Gasteiger partial charge in [-0.2, -0.15) is 0 Å². The minimum absolute atomic E-state index is 0.598. The SMILES string of the molecule is O=C=NCCCCCCl. The summed E-state index contributed by atoms with van der Waals surface area (Å²) in [4.78, 5) is 12.9. The van der Waals surface area contributed by atoms with E-state index in [0.717, 1.165) is 19.3 Å². The highest BCUT2D eigenvalue weighted by Crippen LogP contribution is 1.96. The van der Waals surface area contributed by atoms with E-state index in [1.165, 1.54) is 6.08 Å². The highest BCUT2D eigenvalue weighted by molar-refractivity contribution is 6.17. The summed E-state index contributed by atoms with van der Waals surface area (Å²) in [5.41, 5.74) is 0. The molecule has 0 unspecified atom stereocenters. The molecular formula is C6H10ClNO. The van der Waals surface area contributed by atoms with Gasteiger partial charge in [-0.1, -0.05) is 6.42 Å². The Kier molecular flexibility index (Phi) is 7.39. The summed E-state index contributed by atoms with van der Waals surface area (Å²) in [7, 11) is 0. The third-order valence-corrected chi connectivity index (χ3v) is 1.24. The topological polar surface area (TPSA) is 29.4 Å². The predicted octanol–water partition coefficient (Wildman–Crippen LogP) is 1.73. The second-order valence-electron chi connectivity index (χ2n) is 1.72. The van der Waals surface area contributed by atoms with E-state index >= 15 is 0 Å². The van der Waals surface area contributed by atoms with Crippen LogP contribution in [0.3, 0.4) is 0 Å². The lowest BCUT2D eigenvalue weighted by atomic mass is 10.2. The molecule has 3 heteroatoms. The molecule has 0 spiro atoms. The van der Waals surface area contributed by atoms with Crippen molar-refractivity contribution in [3.8, 4) is 0 Å². The van der Waals surface area contributed by atoms with E-state index < -0.39 is 0 Å². The van der Waals surface area contributed by atoms with E-state index in [2.05, 4.69) is 4.99 Å². The third kappa shape index (κ3) is 7.67. The molecule has 0 heterocycles. The number of hydrogen-bond acceptors (Lipinski definition) is 2. The molecule has 9 heavy (non-hydrogen) atoms. The van der Waals surface area contributed by atoms with Crippen LogP contribution >= 0.6 is 11.6 Å². The van der Waals surface area contributed by atoms with Gasteiger partial charge < -0.3 is 0 Å². The van der Waals surface area contributed by atoms with E-state index in [9.17, 15) is 4.79 Å². The number of carbonyl (C=O) groups excluding carboxylic acids is 1. The molecule has 0 bridgehead atoms. The summed E-state index contributed by atoms with van der Waals surface area (Å²) in [5.74, 6) is 0.699. The van der Waals surface area contributed by atoms with Crippen molar-refractivity contribution in [2.75, 3.05) is 12.4 Å². The van der Waals surface area contributed by atoms with Gasteiger partial charge in [-0.15, -0.1) is 11.6 Å². The number of aliphatic imine (C=N–C) groups is 1. The molecule has 0 fully saturated rings. The molecule has 0 aromatic heterocycles. The van der Waals surface area contributed by atoms with Gasteiger partial charge in [0.1, 0.15) is 0 Å². The highest BCUT2D eigenvalue weighted by atomic mass is 35.5. The van der Waals surface area contributed by atoms with Gasteiger partial charge in [-0.3, -0.25) is 0 Å². The Morgan fingerprint density at radius 2 is 2.11 bits per heavy atom. The lowest BCUT2D eigenvalue weighted by Gasteiger charge is -1.89. The maximum Gasteiger partial charge on any atom is 0.234 e. The molecule has 0 N–H and O–H groups in total. The molecule has 0 aromatic rings. The summed E-state index contributed by atoms with van der Waals surface area (Å²) in [6.07, 6.45) is 4.49. The lowest BCUT2D eigenvalue weighted by molar-refractivity contribution is 0.561. The first-order chi connectivity index (χ1) is 4.41. The minimum Gasteiger partial charge on any atom is -0.211 e. The summed E-state index contributed by atoms with van der Waals surface area (Å²) in [6.45, 7) is 0.598. The van der Waals surface area contributed by atoms with Crippen LogP contribution in [0.25, 0.3) is 0 Å². The molecule has 0 saturated carbocycles. The Labute approximate surface area is 59.9 Å². The predicted molar refractivity (Wildman–Crippen MR) is 37.6 cm³/mol. The first kappa shape index (κ1) is 8.67. The highest BCUT2D eigenvalue weighted by Gasteiger charge is 1.84. The fourth-order valence-corrected chi connectivity index (χ4v) is 0.697. The Hall–Kier alpha value is -0.330. The molecule has 52 valence electrons. The van der Waals surface area contributed by atoms with E-state index in [-0.39, 0.29) is 0 Å². The van der Waals surface area contributed by atoms with Gasteiger partial charge in [0.2, 0.25) is 6.08 Å². The van der Waals surface area contributed by atoms with Gasteiger partial charge in [0, 0.05) is 5.88 Å². The van der Waals surface area contributed by atoms with Crippen molar-refractivity contribution >= 4 is 17.7 Å². The Morgan fingerprint density at radius 3 is 2.67 bits per heavy atom. The van der Waals surface area contributed by atoms with E-state index in [1.807, 2.05) is 0 Å². The number of halogens is 1. The van der Waals surface area contributed by atoms with Crippen LogP contribution < -0.4 is 0 Å². The number of unbranched alkanes of at least 4 members (excludes halogenated alkanes) is 2. The smallest absolute Gasteiger partial charge is 0.211 e. The van der Waals surface area contributed by atoms with Crippen LogP contribution in [0.4, 0.5) is 0 Å². The van der Waals surface area contributed by atoms with Crippen LogP contribution in [0.5, 0.6) is 0 Å². The third-order valence-electron chi connectivity index (χ3n) is 0.968. The number of nitrogens with zero attached hydrogens (tertiary/aromatic N) is 1. The Bertz CT molecular complexity index is 99.2. The summed E-state index contributed by atoms with van der Waals surface area (Å²) in [6, 6.07) is 0. The fraction of sp³-hybridized carbons (Fsp3) is 0.833. The molecule has 0 aliphatic carbocycles. The number of rotatable bonds is 5. The van der Waals surface area contributed by atoms with Crippen molar-refractivity contribution < 1.29 is 4.79 Å². The maximum absolute atomic E-state index is 9.52. The summed E-state index contributed by atoms with van der Waals surface area (Å²) >= 11 is 5.41. The van der Waals surface area contributed by atoms with Crippen molar-refractivity contribution in [1.29, 1.82) is 0 Å². The maximum atomic E-state index is 9.52. The van der Waals surface area contributed by atoms with Crippen LogP contribution in [-0.2, 0) is 4.79 Å².